The predicted molar refractivity (Wildman–Crippen MR) is 110 cm³/mol. The van der Waals surface area contributed by atoms with E-state index in [1.54, 1.807) is 11.4 Å². The predicted octanol–water partition coefficient (Wildman–Crippen LogP) is 3.97. The monoisotopic (exact) mass is 428 g/mol. The van der Waals surface area contributed by atoms with E-state index in [4.69, 9.17) is 0 Å². The Bertz CT molecular complexity index is 1280. The third-order valence-electron chi connectivity index (χ3n) is 4.16. The number of ketones is 1. The molecule has 0 aliphatic rings. The largest absolute Gasteiger partial charge is 0.504 e. The van der Waals surface area contributed by atoms with Crippen molar-refractivity contribution in [3.63, 3.8) is 0 Å². The zero-order valence-corrected chi connectivity index (χ0v) is 16.3. The van der Waals surface area contributed by atoms with E-state index in [1.807, 2.05) is 0 Å². The minimum atomic E-state index is -0.427. The van der Waals surface area contributed by atoms with E-state index in [0.717, 1.165) is 11.8 Å². The molecule has 29 heavy (non-hydrogen) atoms. The third kappa shape index (κ3) is 3.74. The number of carbonyl (C=O) groups is 1. The van der Waals surface area contributed by atoms with Gasteiger partial charge in [-0.3, -0.25) is 14.2 Å². The van der Waals surface area contributed by atoms with Gasteiger partial charge in [0.05, 0.1) is 17.0 Å². The normalized spacial score (nSPS) is 11.1. The second-order valence-electron chi connectivity index (χ2n) is 6.06. The summed E-state index contributed by atoms with van der Waals surface area (Å²) in [5, 5.41) is 21.0. The molecule has 4 rings (SSSR count). The molecule has 6 nitrogen and oxygen atoms in total. The van der Waals surface area contributed by atoms with Crippen LogP contribution in [0.25, 0.3) is 15.9 Å². The number of fused-ring (bicyclic) bond motifs is 1. The van der Waals surface area contributed by atoms with Crippen molar-refractivity contribution in [3.05, 3.63) is 75.6 Å². The van der Waals surface area contributed by atoms with Crippen molar-refractivity contribution in [1.29, 1.82) is 0 Å². The second kappa shape index (κ2) is 7.69. The van der Waals surface area contributed by atoms with Crippen LogP contribution in [0.1, 0.15) is 10.4 Å². The molecular weight excluding hydrogens is 415 g/mol. The standard InChI is InChI=1S/C20H13FN2O4S2/c21-12-2-4-13(5-3-12)23-19(27)18-14(7-8-28-18)22-20(23)29-10-17(26)11-1-6-15(24)16(25)9-11/h1-9,24-25H,10H2. The molecule has 0 bridgehead atoms. The minimum absolute atomic E-state index is 0.0481. The van der Waals surface area contributed by atoms with Gasteiger partial charge in [-0.2, -0.15) is 0 Å². The number of nitrogens with zero attached hydrogens (tertiary/aromatic N) is 2. The number of phenolic OH excluding ortho intramolecular Hbond substituents is 2. The molecule has 2 heterocycles. The number of rotatable bonds is 5. The summed E-state index contributed by atoms with van der Waals surface area (Å²) in [5.74, 6) is -1.49. The Labute approximate surface area is 171 Å². The quantitative estimate of drug-likeness (QED) is 0.216. The highest BCUT2D eigenvalue weighted by Crippen LogP contribution is 2.27. The van der Waals surface area contributed by atoms with Gasteiger partial charge in [0.25, 0.3) is 5.56 Å². The first-order chi connectivity index (χ1) is 13.9. The first-order valence-corrected chi connectivity index (χ1v) is 10.2. The fourth-order valence-electron chi connectivity index (χ4n) is 2.72. The first kappa shape index (κ1) is 19.2. The van der Waals surface area contributed by atoms with Gasteiger partial charge in [-0.25, -0.2) is 9.37 Å². The summed E-state index contributed by atoms with van der Waals surface area (Å²) in [4.78, 5) is 30.0. The number of carbonyl (C=O) groups excluding carboxylic acids is 1. The van der Waals surface area contributed by atoms with Crippen LogP contribution in [0, 0.1) is 5.82 Å². The van der Waals surface area contributed by atoms with Crippen LogP contribution in [0.2, 0.25) is 0 Å². The molecule has 0 aliphatic carbocycles. The van der Waals surface area contributed by atoms with E-state index >= 15 is 0 Å². The van der Waals surface area contributed by atoms with Gasteiger partial charge >= 0.3 is 0 Å². The molecule has 2 aromatic heterocycles. The Balaban J connectivity index is 1.71. The summed E-state index contributed by atoms with van der Waals surface area (Å²) in [5.41, 5.74) is 0.890. The van der Waals surface area contributed by atoms with E-state index in [-0.39, 0.29) is 34.2 Å². The maximum Gasteiger partial charge on any atom is 0.276 e. The number of phenols is 2. The molecule has 0 saturated heterocycles. The summed E-state index contributed by atoms with van der Waals surface area (Å²) >= 11 is 2.32. The average molecular weight is 428 g/mol. The highest BCUT2D eigenvalue weighted by atomic mass is 32.2. The van der Waals surface area contributed by atoms with Crippen LogP contribution in [0.15, 0.2) is 63.9 Å². The lowest BCUT2D eigenvalue weighted by molar-refractivity contribution is 0.102. The van der Waals surface area contributed by atoms with Crippen LogP contribution in [-0.2, 0) is 0 Å². The molecule has 4 aromatic rings. The SMILES string of the molecule is O=C(CSc1nc2ccsc2c(=O)n1-c1ccc(F)cc1)c1ccc(O)c(O)c1. The van der Waals surface area contributed by atoms with Crippen molar-refractivity contribution >= 4 is 39.1 Å². The highest BCUT2D eigenvalue weighted by molar-refractivity contribution is 7.99. The Morgan fingerprint density at radius 3 is 2.59 bits per heavy atom. The second-order valence-corrected chi connectivity index (χ2v) is 7.92. The van der Waals surface area contributed by atoms with Gasteiger partial charge in [0, 0.05) is 5.56 Å². The van der Waals surface area contributed by atoms with Crippen LogP contribution >= 0.6 is 23.1 Å². The number of aromatic nitrogens is 2. The fourth-order valence-corrected chi connectivity index (χ4v) is 4.38. The Hall–Kier alpha value is -3.17. The van der Waals surface area contributed by atoms with Crippen molar-refractivity contribution in [3.8, 4) is 17.2 Å². The number of thioether (sulfide) groups is 1. The molecule has 0 aliphatic heterocycles. The van der Waals surface area contributed by atoms with Crippen molar-refractivity contribution < 1.29 is 19.4 Å². The van der Waals surface area contributed by atoms with Gasteiger partial charge in [-0.05, 0) is 53.9 Å². The number of aromatic hydroxyl groups is 2. The lowest BCUT2D eigenvalue weighted by atomic mass is 10.1. The van der Waals surface area contributed by atoms with Gasteiger partial charge < -0.3 is 10.2 Å². The molecule has 2 aromatic carbocycles. The number of benzene rings is 2. The van der Waals surface area contributed by atoms with Crippen LogP contribution in [0.5, 0.6) is 11.5 Å². The molecule has 9 heteroatoms. The van der Waals surface area contributed by atoms with Crippen LogP contribution in [0.3, 0.4) is 0 Å². The van der Waals surface area contributed by atoms with Gasteiger partial charge in [-0.15, -0.1) is 11.3 Å². The minimum Gasteiger partial charge on any atom is -0.504 e. The topological polar surface area (TPSA) is 92.4 Å². The van der Waals surface area contributed by atoms with E-state index < -0.39 is 5.82 Å². The van der Waals surface area contributed by atoms with Gasteiger partial charge in [0.2, 0.25) is 0 Å². The van der Waals surface area contributed by atoms with E-state index in [2.05, 4.69) is 4.98 Å². The summed E-state index contributed by atoms with van der Waals surface area (Å²) in [6.07, 6.45) is 0. The Kier molecular flexibility index (Phi) is 5.08. The summed E-state index contributed by atoms with van der Waals surface area (Å²) in [6, 6.07) is 11.0. The molecule has 0 amide bonds. The molecule has 146 valence electrons. The number of hydrogen-bond acceptors (Lipinski definition) is 7. The molecule has 0 unspecified atom stereocenters. The fraction of sp³-hybridized carbons (Fsp3) is 0.0500. The van der Waals surface area contributed by atoms with Crippen molar-refractivity contribution in [2.24, 2.45) is 0 Å². The summed E-state index contributed by atoms with van der Waals surface area (Å²) in [7, 11) is 0. The lowest BCUT2D eigenvalue weighted by Crippen LogP contribution is -2.21. The highest BCUT2D eigenvalue weighted by Gasteiger charge is 2.17. The number of hydrogen-bond donors (Lipinski definition) is 2. The lowest BCUT2D eigenvalue weighted by Gasteiger charge is -2.12. The van der Waals surface area contributed by atoms with E-state index in [1.165, 1.54) is 58.4 Å². The molecule has 0 spiro atoms. The number of thiophene rings is 1. The summed E-state index contributed by atoms with van der Waals surface area (Å²) in [6.45, 7) is 0. The van der Waals surface area contributed by atoms with Gasteiger partial charge in [0.1, 0.15) is 10.5 Å². The Morgan fingerprint density at radius 2 is 1.86 bits per heavy atom. The molecule has 0 saturated carbocycles. The van der Waals surface area contributed by atoms with E-state index in [0.29, 0.717) is 21.1 Å². The van der Waals surface area contributed by atoms with Crippen LogP contribution in [0.4, 0.5) is 4.39 Å². The molecule has 0 fully saturated rings. The zero-order chi connectivity index (χ0) is 20.5. The first-order valence-electron chi connectivity index (χ1n) is 8.38. The molecular formula is C20H13FN2O4S2. The van der Waals surface area contributed by atoms with E-state index in [9.17, 15) is 24.2 Å². The molecule has 2 N–H and O–H groups in total. The smallest absolute Gasteiger partial charge is 0.276 e. The summed E-state index contributed by atoms with van der Waals surface area (Å²) < 4.78 is 15.1. The van der Waals surface area contributed by atoms with Gasteiger partial charge in [0.15, 0.2) is 22.4 Å². The van der Waals surface area contributed by atoms with Crippen molar-refractivity contribution in [1.82, 2.24) is 9.55 Å². The third-order valence-corrected chi connectivity index (χ3v) is 5.99. The molecule has 0 atom stereocenters. The zero-order valence-electron chi connectivity index (χ0n) is 14.7. The van der Waals surface area contributed by atoms with Crippen molar-refractivity contribution in [2.45, 2.75) is 5.16 Å². The average Bonchev–Trinajstić information content (AvgIpc) is 3.18. The number of halogens is 1. The maximum atomic E-state index is 13.3. The maximum absolute atomic E-state index is 13.3. The Morgan fingerprint density at radius 1 is 1.10 bits per heavy atom. The van der Waals surface area contributed by atoms with Crippen LogP contribution in [-0.4, -0.2) is 31.3 Å². The number of Topliss-reactive ketones (excluding diaryl/α,β-unsaturated/α-hetero) is 1. The van der Waals surface area contributed by atoms with Crippen molar-refractivity contribution in [2.75, 3.05) is 5.75 Å². The molecule has 0 radical (unpaired) electrons. The van der Waals surface area contributed by atoms with Gasteiger partial charge in [-0.1, -0.05) is 11.8 Å². The van der Waals surface area contributed by atoms with Crippen LogP contribution < -0.4 is 5.56 Å².